The highest BCUT2D eigenvalue weighted by Crippen LogP contribution is 2.38. The normalized spacial score (nSPS) is 16.5. The van der Waals surface area contributed by atoms with E-state index in [1.54, 1.807) is 7.05 Å². The summed E-state index contributed by atoms with van der Waals surface area (Å²) in [6.45, 7) is 0. The lowest BCUT2D eigenvalue weighted by Crippen LogP contribution is -2.10. The quantitative estimate of drug-likeness (QED) is 0.513. The van der Waals surface area contributed by atoms with Crippen LogP contribution in [0.2, 0.25) is 0 Å². The molecule has 0 aliphatic heterocycles. The van der Waals surface area contributed by atoms with Crippen LogP contribution in [0.25, 0.3) is 0 Å². The SMILES string of the molecule is CNc1ncnc(SC2CCCCC2)c1[N+](=O)[O-]. The van der Waals surface area contributed by atoms with Gasteiger partial charge < -0.3 is 5.32 Å². The Hall–Kier alpha value is -1.37. The Morgan fingerprint density at radius 2 is 2.11 bits per heavy atom. The third-order valence-corrected chi connectivity index (χ3v) is 4.37. The molecule has 7 heteroatoms. The van der Waals surface area contributed by atoms with Crippen molar-refractivity contribution in [2.45, 2.75) is 42.4 Å². The molecule has 1 saturated carbocycles. The minimum absolute atomic E-state index is 0.00410. The second-order valence-corrected chi connectivity index (χ2v) is 5.55. The average molecular weight is 268 g/mol. The third-order valence-electron chi connectivity index (χ3n) is 3.04. The molecule has 0 unspecified atom stereocenters. The zero-order chi connectivity index (χ0) is 13.0. The van der Waals surface area contributed by atoms with Crippen LogP contribution < -0.4 is 5.32 Å². The fraction of sp³-hybridized carbons (Fsp3) is 0.636. The van der Waals surface area contributed by atoms with Crippen LogP contribution in [0.15, 0.2) is 11.4 Å². The highest BCUT2D eigenvalue weighted by molar-refractivity contribution is 8.00. The van der Waals surface area contributed by atoms with E-state index in [-0.39, 0.29) is 11.5 Å². The van der Waals surface area contributed by atoms with E-state index < -0.39 is 4.92 Å². The van der Waals surface area contributed by atoms with Gasteiger partial charge in [0.1, 0.15) is 6.33 Å². The van der Waals surface area contributed by atoms with Gasteiger partial charge in [-0.05, 0) is 12.8 Å². The lowest BCUT2D eigenvalue weighted by molar-refractivity contribution is -0.387. The van der Waals surface area contributed by atoms with Gasteiger partial charge in [0.15, 0.2) is 5.03 Å². The zero-order valence-electron chi connectivity index (χ0n) is 10.3. The molecule has 0 atom stereocenters. The first-order valence-electron chi connectivity index (χ1n) is 6.06. The van der Waals surface area contributed by atoms with Crippen LogP contribution in [0.3, 0.4) is 0 Å². The van der Waals surface area contributed by atoms with Gasteiger partial charge in [0.05, 0.1) is 4.92 Å². The fourth-order valence-corrected chi connectivity index (χ4v) is 3.41. The summed E-state index contributed by atoms with van der Waals surface area (Å²) in [4.78, 5) is 18.7. The topological polar surface area (TPSA) is 81.0 Å². The molecule has 1 aromatic heterocycles. The van der Waals surface area contributed by atoms with Gasteiger partial charge in [-0.3, -0.25) is 10.1 Å². The van der Waals surface area contributed by atoms with Gasteiger partial charge in [0, 0.05) is 12.3 Å². The number of nitrogens with one attached hydrogen (secondary N) is 1. The largest absolute Gasteiger partial charge is 0.367 e. The molecular weight excluding hydrogens is 252 g/mol. The summed E-state index contributed by atoms with van der Waals surface area (Å²) in [6, 6.07) is 0. The molecule has 18 heavy (non-hydrogen) atoms. The Labute approximate surface area is 110 Å². The van der Waals surface area contributed by atoms with Gasteiger partial charge in [-0.1, -0.05) is 31.0 Å². The van der Waals surface area contributed by atoms with Crippen molar-refractivity contribution in [3.63, 3.8) is 0 Å². The molecule has 0 aromatic carbocycles. The number of thioether (sulfide) groups is 1. The summed E-state index contributed by atoms with van der Waals surface area (Å²) >= 11 is 1.52. The van der Waals surface area contributed by atoms with Crippen molar-refractivity contribution in [2.75, 3.05) is 12.4 Å². The van der Waals surface area contributed by atoms with E-state index in [1.807, 2.05) is 0 Å². The minimum Gasteiger partial charge on any atom is -0.367 e. The number of nitrogens with zero attached hydrogens (tertiary/aromatic N) is 3. The maximum atomic E-state index is 11.1. The molecule has 6 nitrogen and oxygen atoms in total. The predicted octanol–water partition coefficient (Wildman–Crippen LogP) is 2.85. The molecule has 1 fully saturated rings. The molecule has 0 amide bonds. The summed E-state index contributed by atoms with van der Waals surface area (Å²) in [5.41, 5.74) is -0.00410. The number of hydrogen-bond acceptors (Lipinski definition) is 6. The van der Waals surface area contributed by atoms with Gasteiger partial charge in [-0.2, -0.15) is 0 Å². The van der Waals surface area contributed by atoms with E-state index in [4.69, 9.17) is 0 Å². The summed E-state index contributed by atoms with van der Waals surface area (Å²) in [5, 5.41) is 14.8. The van der Waals surface area contributed by atoms with Gasteiger partial charge in [-0.25, -0.2) is 9.97 Å². The van der Waals surface area contributed by atoms with Crippen molar-refractivity contribution >= 4 is 23.3 Å². The summed E-state index contributed by atoms with van der Waals surface area (Å²) in [6.07, 6.45) is 7.28. The number of nitro groups is 1. The Balaban J connectivity index is 2.23. The van der Waals surface area contributed by atoms with Crippen LogP contribution in [-0.4, -0.2) is 27.2 Å². The lowest BCUT2D eigenvalue weighted by atomic mass is 10.0. The monoisotopic (exact) mass is 268 g/mol. The van der Waals surface area contributed by atoms with Crippen LogP contribution in [0.1, 0.15) is 32.1 Å². The molecule has 1 aliphatic carbocycles. The van der Waals surface area contributed by atoms with E-state index in [1.165, 1.54) is 37.4 Å². The Morgan fingerprint density at radius 3 is 2.72 bits per heavy atom. The Bertz CT molecular complexity index is 435. The Morgan fingerprint density at radius 1 is 1.39 bits per heavy atom. The summed E-state index contributed by atoms with van der Waals surface area (Å²) in [5.74, 6) is 0.285. The minimum atomic E-state index is -0.406. The van der Waals surface area contributed by atoms with Crippen molar-refractivity contribution in [1.82, 2.24) is 9.97 Å². The van der Waals surface area contributed by atoms with Crippen LogP contribution in [0.4, 0.5) is 11.5 Å². The first kappa shape index (κ1) is 13.1. The first-order valence-corrected chi connectivity index (χ1v) is 6.94. The molecule has 0 radical (unpaired) electrons. The van der Waals surface area contributed by atoms with Crippen LogP contribution in [0.5, 0.6) is 0 Å². The van der Waals surface area contributed by atoms with Gasteiger partial charge >= 0.3 is 5.69 Å². The average Bonchev–Trinajstić information content (AvgIpc) is 2.39. The highest BCUT2D eigenvalue weighted by atomic mass is 32.2. The Kier molecular flexibility index (Phi) is 4.35. The fourth-order valence-electron chi connectivity index (χ4n) is 2.14. The van der Waals surface area contributed by atoms with Crippen molar-refractivity contribution in [1.29, 1.82) is 0 Å². The van der Waals surface area contributed by atoms with E-state index in [0.717, 1.165) is 12.8 Å². The van der Waals surface area contributed by atoms with E-state index in [9.17, 15) is 10.1 Å². The maximum absolute atomic E-state index is 11.1. The van der Waals surface area contributed by atoms with Crippen LogP contribution in [0, 0.1) is 10.1 Å². The van der Waals surface area contributed by atoms with E-state index in [0.29, 0.717) is 10.3 Å². The van der Waals surface area contributed by atoms with Gasteiger partial charge in [0.25, 0.3) is 0 Å². The van der Waals surface area contributed by atoms with Gasteiger partial charge in [-0.15, -0.1) is 0 Å². The first-order chi connectivity index (χ1) is 8.72. The van der Waals surface area contributed by atoms with Crippen LogP contribution in [-0.2, 0) is 0 Å². The third kappa shape index (κ3) is 2.90. The van der Waals surface area contributed by atoms with Crippen molar-refractivity contribution in [3.8, 4) is 0 Å². The number of aromatic nitrogens is 2. The zero-order valence-corrected chi connectivity index (χ0v) is 11.1. The molecule has 1 N–H and O–H groups in total. The molecule has 1 aromatic rings. The lowest BCUT2D eigenvalue weighted by Gasteiger charge is -2.20. The number of hydrogen-bond donors (Lipinski definition) is 1. The standard InChI is InChI=1S/C11H16N4O2S/c1-12-10-9(15(16)17)11(14-7-13-10)18-8-5-3-2-4-6-8/h7-8H,2-6H2,1H3,(H,12,13,14). The van der Waals surface area contributed by atoms with Crippen molar-refractivity contribution < 1.29 is 4.92 Å². The van der Waals surface area contributed by atoms with Crippen LogP contribution >= 0.6 is 11.8 Å². The molecule has 1 aliphatic rings. The van der Waals surface area contributed by atoms with Gasteiger partial charge in [0.2, 0.25) is 5.82 Å². The molecule has 1 heterocycles. The summed E-state index contributed by atoms with van der Waals surface area (Å²) < 4.78 is 0. The van der Waals surface area contributed by atoms with Crippen molar-refractivity contribution in [3.05, 3.63) is 16.4 Å². The molecule has 0 bridgehead atoms. The second kappa shape index (κ2) is 5.99. The molecular formula is C11H16N4O2S. The number of anilines is 1. The molecule has 98 valence electrons. The van der Waals surface area contributed by atoms with E-state index in [2.05, 4.69) is 15.3 Å². The number of rotatable bonds is 4. The maximum Gasteiger partial charge on any atom is 0.343 e. The smallest absolute Gasteiger partial charge is 0.343 e. The van der Waals surface area contributed by atoms with Crippen molar-refractivity contribution in [2.24, 2.45) is 0 Å². The molecule has 2 rings (SSSR count). The second-order valence-electron chi connectivity index (χ2n) is 4.26. The highest BCUT2D eigenvalue weighted by Gasteiger charge is 2.25. The summed E-state index contributed by atoms with van der Waals surface area (Å²) in [7, 11) is 1.63. The van der Waals surface area contributed by atoms with E-state index >= 15 is 0 Å². The molecule has 0 saturated heterocycles. The molecule has 0 spiro atoms. The predicted molar refractivity (Wildman–Crippen MR) is 71.0 cm³/mol.